The van der Waals surface area contributed by atoms with E-state index in [1.807, 2.05) is 0 Å². The van der Waals surface area contributed by atoms with Crippen LogP contribution in [0, 0.1) is 11.7 Å². The Hall–Kier alpha value is -3.35. The zero-order valence-corrected chi connectivity index (χ0v) is 19.2. The fourth-order valence-corrected chi connectivity index (χ4v) is 5.94. The van der Waals surface area contributed by atoms with E-state index >= 15 is 0 Å². The molecular formula is C23H19F6N3O3S. The quantitative estimate of drug-likeness (QED) is 0.350. The van der Waals surface area contributed by atoms with E-state index in [2.05, 4.69) is 10.4 Å². The molecule has 1 N–H and O–H groups in total. The molecule has 0 saturated heterocycles. The third kappa shape index (κ3) is 5.11. The minimum Gasteiger partial charge on any atom is -0.352 e. The summed E-state index contributed by atoms with van der Waals surface area (Å²) < 4.78 is 105. The van der Waals surface area contributed by atoms with Gasteiger partial charge in [0.15, 0.2) is 9.84 Å². The molecule has 1 heterocycles. The Morgan fingerprint density at radius 2 is 1.69 bits per heavy atom. The number of carbonyl (C=O) groups is 1. The predicted molar refractivity (Wildman–Crippen MR) is 115 cm³/mol. The number of carbonyl (C=O) groups excluding carboxylic acids is 1. The molecule has 3 aromatic rings. The van der Waals surface area contributed by atoms with Crippen LogP contribution in [0.1, 0.15) is 36.1 Å². The molecule has 2 aromatic carbocycles. The monoisotopic (exact) mass is 531 g/mol. The summed E-state index contributed by atoms with van der Waals surface area (Å²) in [6.45, 7) is -0.390. The number of rotatable bonds is 7. The molecule has 0 bridgehead atoms. The molecule has 0 spiro atoms. The Morgan fingerprint density at radius 1 is 1.06 bits per heavy atom. The van der Waals surface area contributed by atoms with Crippen LogP contribution in [-0.4, -0.2) is 29.4 Å². The summed E-state index contributed by atoms with van der Waals surface area (Å²) in [5.74, 6) is -2.18. The maximum atomic E-state index is 13.5. The number of alkyl halides is 5. The highest BCUT2D eigenvalue weighted by Crippen LogP contribution is 2.37. The molecular weight excluding hydrogens is 512 g/mol. The Labute approximate surface area is 201 Å². The highest BCUT2D eigenvalue weighted by Gasteiger charge is 2.45. The maximum absolute atomic E-state index is 13.5. The van der Waals surface area contributed by atoms with Crippen LogP contribution in [0.3, 0.4) is 0 Å². The summed E-state index contributed by atoms with van der Waals surface area (Å²) in [5, 5.41) is 5.16. The molecule has 1 amide bonds. The van der Waals surface area contributed by atoms with Gasteiger partial charge in [-0.3, -0.25) is 4.79 Å². The number of nitrogens with zero attached hydrogens (tertiary/aromatic N) is 2. The third-order valence-corrected chi connectivity index (χ3v) is 8.32. The highest BCUT2D eigenvalue weighted by molar-refractivity contribution is 7.92. The average Bonchev–Trinajstić information content (AvgIpc) is 3.21. The van der Waals surface area contributed by atoms with Crippen LogP contribution in [0.5, 0.6) is 0 Å². The van der Waals surface area contributed by atoms with Gasteiger partial charge in [-0.25, -0.2) is 26.3 Å². The van der Waals surface area contributed by atoms with E-state index in [0.717, 1.165) is 59.4 Å². The molecule has 13 heteroatoms. The molecule has 2 atom stereocenters. The molecule has 1 unspecified atom stereocenters. The van der Waals surface area contributed by atoms with Gasteiger partial charge in [0, 0.05) is 18.3 Å². The zero-order valence-electron chi connectivity index (χ0n) is 18.3. The van der Waals surface area contributed by atoms with Crippen LogP contribution < -0.4 is 5.32 Å². The second-order valence-electron chi connectivity index (χ2n) is 8.27. The van der Waals surface area contributed by atoms with Crippen molar-refractivity contribution in [1.29, 1.82) is 0 Å². The number of nitrogens with one attached hydrogen (secondary N) is 1. The largest absolute Gasteiger partial charge is 0.416 e. The van der Waals surface area contributed by atoms with Gasteiger partial charge in [0.1, 0.15) is 11.5 Å². The molecule has 0 aliphatic heterocycles. The lowest BCUT2D eigenvalue weighted by atomic mass is 9.84. The van der Waals surface area contributed by atoms with E-state index < -0.39 is 56.6 Å². The molecule has 1 aromatic heterocycles. The van der Waals surface area contributed by atoms with Crippen molar-refractivity contribution in [3.63, 3.8) is 0 Å². The lowest BCUT2D eigenvalue weighted by molar-refractivity contribution is -0.137. The number of hydrogen-bond acceptors (Lipinski definition) is 4. The Balaban J connectivity index is 1.47. The smallest absolute Gasteiger partial charge is 0.352 e. The van der Waals surface area contributed by atoms with Gasteiger partial charge < -0.3 is 5.32 Å². The van der Waals surface area contributed by atoms with Crippen LogP contribution in [0.25, 0.3) is 5.69 Å². The first kappa shape index (κ1) is 25.7. The Kier molecular flexibility index (Phi) is 6.86. The maximum Gasteiger partial charge on any atom is 0.416 e. The van der Waals surface area contributed by atoms with Crippen LogP contribution in [0.2, 0.25) is 0 Å². The zero-order chi connectivity index (χ0) is 26.3. The van der Waals surface area contributed by atoms with Crippen LogP contribution >= 0.6 is 0 Å². The van der Waals surface area contributed by atoms with Gasteiger partial charge in [-0.1, -0.05) is 0 Å². The molecule has 4 rings (SSSR count). The predicted octanol–water partition coefficient (Wildman–Crippen LogP) is 4.84. The van der Waals surface area contributed by atoms with E-state index in [4.69, 9.17) is 0 Å². The van der Waals surface area contributed by atoms with Crippen molar-refractivity contribution in [3.8, 4) is 5.69 Å². The number of amides is 1. The van der Waals surface area contributed by atoms with Crippen molar-refractivity contribution in [2.75, 3.05) is 0 Å². The highest BCUT2D eigenvalue weighted by atomic mass is 32.2. The Bertz CT molecular complexity index is 1350. The van der Waals surface area contributed by atoms with Crippen molar-refractivity contribution >= 4 is 15.7 Å². The number of aromatic nitrogens is 2. The summed E-state index contributed by atoms with van der Waals surface area (Å²) >= 11 is 0. The van der Waals surface area contributed by atoms with Gasteiger partial charge in [0.2, 0.25) is 5.91 Å². The second kappa shape index (κ2) is 9.60. The van der Waals surface area contributed by atoms with Crippen molar-refractivity contribution in [1.82, 2.24) is 15.1 Å². The van der Waals surface area contributed by atoms with Crippen molar-refractivity contribution in [3.05, 3.63) is 77.4 Å². The number of halogens is 6. The summed E-state index contributed by atoms with van der Waals surface area (Å²) in [6, 6.07) is 7.96. The van der Waals surface area contributed by atoms with Crippen LogP contribution in [-0.2, 0) is 27.4 Å². The molecule has 192 valence electrons. The molecule has 1 saturated carbocycles. The van der Waals surface area contributed by atoms with Gasteiger partial charge in [-0.2, -0.15) is 18.3 Å². The van der Waals surface area contributed by atoms with E-state index in [0.29, 0.717) is 0 Å². The van der Waals surface area contributed by atoms with Crippen LogP contribution in [0.4, 0.5) is 26.3 Å². The molecule has 1 fully saturated rings. The van der Waals surface area contributed by atoms with Gasteiger partial charge in [-0.15, -0.1) is 0 Å². The standard InChI is InChI=1S/C23H19F6N3O3S/c24-15-3-7-17(8-4-15)36(34,35)19-10-9-18(19)22(33)30-11-13-12-32(31-20(13)21(25)26)16-5-1-14(2-6-16)23(27,28)29/h1-8,12,18-19,21H,9-11H2,(H,30,33)/t18-,19?/m1/s1. The summed E-state index contributed by atoms with van der Waals surface area (Å²) in [6.07, 6.45) is -5.94. The van der Waals surface area contributed by atoms with E-state index in [1.54, 1.807) is 0 Å². The normalized spacial score (nSPS) is 18.2. The first-order valence-electron chi connectivity index (χ1n) is 10.7. The minimum absolute atomic E-state index is 0.0736. The second-order valence-corrected chi connectivity index (χ2v) is 10.4. The number of benzene rings is 2. The van der Waals surface area contributed by atoms with E-state index in [1.165, 1.54) is 0 Å². The lowest BCUT2D eigenvalue weighted by Crippen LogP contribution is -2.47. The van der Waals surface area contributed by atoms with E-state index in [-0.39, 0.29) is 35.5 Å². The summed E-state index contributed by atoms with van der Waals surface area (Å²) in [7, 11) is -3.91. The van der Waals surface area contributed by atoms with E-state index in [9.17, 15) is 39.6 Å². The van der Waals surface area contributed by atoms with Gasteiger partial charge in [0.25, 0.3) is 6.43 Å². The summed E-state index contributed by atoms with van der Waals surface area (Å²) in [4.78, 5) is 12.6. The third-order valence-electron chi connectivity index (χ3n) is 6.03. The fourth-order valence-electron chi connectivity index (χ4n) is 3.93. The lowest BCUT2D eigenvalue weighted by Gasteiger charge is -2.34. The Morgan fingerprint density at radius 3 is 2.22 bits per heavy atom. The molecule has 6 nitrogen and oxygen atoms in total. The molecule has 36 heavy (non-hydrogen) atoms. The number of sulfone groups is 1. The minimum atomic E-state index is -4.56. The molecule has 1 aliphatic rings. The summed E-state index contributed by atoms with van der Waals surface area (Å²) in [5.41, 5.74) is -1.55. The first-order chi connectivity index (χ1) is 16.9. The fraction of sp³-hybridized carbons (Fsp3) is 0.304. The van der Waals surface area contributed by atoms with Crippen LogP contribution in [0.15, 0.2) is 59.6 Å². The molecule has 0 radical (unpaired) electrons. The molecule has 1 aliphatic carbocycles. The van der Waals surface area contributed by atoms with Gasteiger partial charge in [-0.05, 0) is 61.4 Å². The topological polar surface area (TPSA) is 81.1 Å². The van der Waals surface area contributed by atoms with Crippen molar-refractivity contribution in [2.24, 2.45) is 5.92 Å². The van der Waals surface area contributed by atoms with Crippen molar-refractivity contribution < 1.29 is 39.6 Å². The number of hydrogen-bond donors (Lipinski definition) is 1. The SMILES string of the molecule is O=C(NCc1cn(-c2ccc(C(F)(F)F)cc2)nc1C(F)F)[C@@H]1CCC1S(=O)(=O)c1ccc(F)cc1. The van der Waals surface area contributed by atoms with Crippen molar-refractivity contribution in [2.45, 2.75) is 42.1 Å². The average molecular weight is 531 g/mol. The van der Waals surface area contributed by atoms with Gasteiger partial charge in [0.05, 0.1) is 27.3 Å². The van der Waals surface area contributed by atoms with Gasteiger partial charge >= 0.3 is 6.18 Å². The first-order valence-corrected chi connectivity index (χ1v) is 12.2.